The van der Waals surface area contributed by atoms with Gasteiger partial charge in [0, 0.05) is 130 Å². The lowest BCUT2D eigenvalue weighted by Gasteiger charge is -2.19. The van der Waals surface area contributed by atoms with E-state index in [1.165, 1.54) is 90.4 Å². The molecule has 0 bridgehead atoms. The molecule has 0 saturated carbocycles. The minimum Gasteiger partial charge on any atom is -0.469 e. The molecule has 33 nitrogen and oxygen atoms in total. The Balaban J connectivity index is -0.000000103. The summed E-state index contributed by atoms with van der Waals surface area (Å²) in [7, 11) is 28.4. The molecule has 0 rings (SSSR count). The first-order chi connectivity index (χ1) is 50.0. The monoisotopic (exact) mass is 1540 g/mol. The maximum absolute atomic E-state index is 10.9. The van der Waals surface area contributed by atoms with E-state index in [1.807, 2.05) is 0 Å². The van der Waals surface area contributed by atoms with Crippen molar-refractivity contribution < 1.29 is 157 Å². The lowest BCUT2D eigenvalue weighted by molar-refractivity contribution is -0.153. The van der Waals surface area contributed by atoms with Crippen LogP contribution in [-0.2, 0) is 157 Å². The molecule has 1 atom stereocenters. The fourth-order valence-electron chi connectivity index (χ4n) is 6.21. The number of hydrogen-bond acceptors (Lipinski definition) is 33. The summed E-state index contributed by atoms with van der Waals surface area (Å²) < 4.78 is 101. The number of hydrogen-bond donors (Lipinski definition) is 0. The highest BCUT2D eigenvalue weighted by molar-refractivity contribution is 5.76. The van der Waals surface area contributed by atoms with Crippen LogP contribution >= 0.6 is 0 Å². The zero-order valence-electron chi connectivity index (χ0n) is 69.1. The summed E-state index contributed by atoms with van der Waals surface area (Å²) in [6.45, 7) is 17.2. The lowest BCUT2D eigenvalue weighted by atomic mass is 9.95. The van der Waals surface area contributed by atoms with Crippen molar-refractivity contribution in [1.82, 2.24) is 0 Å². The Morgan fingerprint density at radius 2 is 0.524 bits per heavy atom. The second kappa shape index (κ2) is 109. The van der Waals surface area contributed by atoms with Gasteiger partial charge in [-0.15, -0.1) is 0 Å². The zero-order valence-corrected chi connectivity index (χ0v) is 69.1. The van der Waals surface area contributed by atoms with Gasteiger partial charge in [-0.05, 0) is 86.5 Å². The van der Waals surface area contributed by atoms with Gasteiger partial charge in [-0.3, -0.25) is 43.2 Å². The Morgan fingerprint density at radius 3 is 0.800 bits per heavy atom. The molecule has 0 amide bonds. The van der Waals surface area contributed by atoms with Crippen LogP contribution in [0.5, 0.6) is 0 Å². The second-order valence-corrected chi connectivity index (χ2v) is 21.2. The first-order valence-corrected chi connectivity index (χ1v) is 34.5. The predicted octanol–water partition coefficient (Wildman–Crippen LogP) is 8.50. The molecular weight excluding hydrogens is 1390 g/mol. The van der Waals surface area contributed by atoms with Crippen LogP contribution in [0.2, 0.25) is 0 Å². The Kier molecular flexibility index (Phi) is 127. The van der Waals surface area contributed by atoms with Gasteiger partial charge in [0.15, 0.2) is 0 Å². The number of unbranched alkanes of at least 4 members (excludes halogenated alkanes) is 9. The summed E-state index contributed by atoms with van der Waals surface area (Å²) in [5.74, 6) is -2.41. The summed E-state index contributed by atoms with van der Waals surface area (Å²) in [6, 6.07) is 0. The maximum Gasteiger partial charge on any atom is 0.332 e. The third-order valence-electron chi connectivity index (χ3n) is 11.8. The first-order valence-electron chi connectivity index (χ1n) is 34.5. The Hall–Kier alpha value is -6.27. The van der Waals surface area contributed by atoms with E-state index in [0.29, 0.717) is 104 Å². The Bertz CT molecular complexity index is 1860. The molecule has 0 aromatic heterocycles. The van der Waals surface area contributed by atoms with E-state index >= 15 is 0 Å². The average molecular weight is 1540 g/mol. The molecule has 0 aliphatic rings. The van der Waals surface area contributed by atoms with Gasteiger partial charge in [-0.25, -0.2) is 9.59 Å². The molecule has 0 saturated heterocycles. The molecule has 0 fully saturated rings. The van der Waals surface area contributed by atoms with Gasteiger partial charge >= 0.3 is 65.7 Å². The van der Waals surface area contributed by atoms with E-state index in [2.05, 4.69) is 75.8 Å². The number of carbonyl (C=O) groups is 11. The lowest BCUT2D eigenvalue weighted by Crippen LogP contribution is -2.30. The number of methoxy groups -OCH3 is 19. The number of carbonyl (C=O) groups excluding carboxylic acids is 11. The molecular formula is C72H144O33. The summed E-state index contributed by atoms with van der Waals surface area (Å²) in [5.41, 5.74) is -0.524. The number of rotatable bonds is 47. The smallest absolute Gasteiger partial charge is 0.332 e. The molecule has 0 radical (unpaired) electrons. The molecule has 630 valence electrons. The van der Waals surface area contributed by atoms with Crippen LogP contribution in [0.1, 0.15) is 170 Å². The highest BCUT2D eigenvalue weighted by atomic mass is 16.6. The van der Waals surface area contributed by atoms with Crippen molar-refractivity contribution in [2.45, 2.75) is 170 Å². The molecule has 0 aliphatic carbocycles. The van der Waals surface area contributed by atoms with Gasteiger partial charge in [-0.2, -0.15) is 0 Å². The molecule has 105 heavy (non-hydrogen) atoms. The summed E-state index contributed by atoms with van der Waals surface area (Å²) in [5, 5.41) is 0. The van der Waals surface area contributed by atoms with E-state index in [9.17, 15) is 52.7 Å². The first kappa shape index (κ1) is 123. The van der Waals surface area contributed by atoms with E-state index in [0.717, 1.165) is 84.0 Å². The minimum atomic E-state index is -0.524. The fraction of sp³-hybridized carbons (Fsp3) is 0.847. The Labute approximate surface area is 629 Å². The van der Waals surface area contributed by atoms with Gasteiger partial charge in [0.05, 0.1) is 140 Å². The molecule has 0 aliphatic heterocycles. The summed E-state index contributed by atoms with van der Waals surface area (Å²) in [6.07, 6.45) is 16.7. The van der Waals surface area contributed by atoms with E-state index in [1.54, 1.807) is 106 Å². The minimum absolute atomic E-state index is 0.0382. The van der Waals surface area contributed by atoms with Crippen molar-refractivity contribution in [2.24, 2.45) is 11.3 Å². The van der Waals surface area contributed by atoms with Gasteiger partial charge in [0.25, 0.3) is 0 Å². The van der Waals surface area contributed by atoms with Crippen LogP contribution in [0.15, 0.2) is 0 Å². The van der Waals surface area contributed by atoms with Crippen molar-refractivity contribution in [2.75, 3.05) is 228 Å². The topological polar surface area (TPSA) is 391 Å². The van der Waals surface area contributed by atoms with Crippen molar-refractivity contribution in [3.63, 3.8) is 0 Å². The van der Waals surface area contributed by atoms with E-state index in [-0.39, 0.29) is 84.8 Å². The third-order valence-corrected chi connectivity index (χ3v) is 11.8. The average Bonchev–Trinajstić information content (AvgIpc) is 0.902. The molecule has 0 aromatic carbocycles. The van der Waals surface area contributed by atoms with Crippen molar-refractivity contribution in [3.05, 3.63) is 0 Å². The van der Waals surface area contributed by atoms with Gasteiger partial charge in [0.2, 0.25) is 0 Å². The van der Waals surface area contributed by atoms with Crippen LogP contribution in [-0.4, -0.2) is 293 Å². The molecule has 0 N–H and O–H groups in total. The highest BCUT2D eigenvalue weighted by Gasteiger charge is 2.28. The van der Waals surface area contributed by atoms with Gasteiger partial charge in [0.1, 0.15) is 13.2 Å². The van der Waals surface area contributed by atoms with Crippen LogP contribution < -0.4 is 0 Å². The Morgan fingerprint density at radius 1 is 0.257 bits per heavy atom. The van der Waals surface area contributed by atoms with Crippen molar-refractivity contribution in [1.29, 1.82) is 0 Å². The van der Waals surface area contributed by atoms with Crippen molar-refractivity contribution in [3.8, 4) is 0 Å². The largest absolute Gasteiger partial charge is 0.469 e. The van der Waals surface area contributed by atoms with Crippen LogP contribution in [0.4, 0.5) is 0 Å². The van der Waals surface area contributed by atoms with E-state index in [4.69, 9.17) is 28.4 Å². The summed E-state index contributed by atoms with van der Waals surface area (Å²) in [4.78, 5) is 115. The van der Waals surface area contributed by atoms with Crippen molar-refractivity contribution >= 4 is 65.7 Å². The zero-order chi connectivity index (χ0) is 83.0. The van der Waals surface area contributed by atoms with Crippen LogP contribution in [0.25, 0.3) is 0 Å². The molecule has 0 heterocycles. The maximum atomic E-state index is 10.9. The van der Waals surface area contributed by atoms with E-state index < -0.39 is 5.41 Å². The van der Waals surface area contributed by atoms with Crippen LogP contribution in [0.3, 0.4) is 0 Å². The molecule has 0 aromatic rings. The SMILES string of the molecule is CCOC(=O)CCOC.CCOC(=O)CCOC.CCOC(=O)COC.COCC(=O)OC.COCC(C)(C)C(=O)OC.COCC(C)C(=O)OC.COCCC(=O)OC.COCCCC(=O)OC.COCCCCC(=O)OC.COCCCCCCC(=O)OC.COCCCCCCCCC(=O)OC. The highest BCUT2D eigenvalue weighted by Crippen LogP contribution is 2.16. The normalized spacial score (nSPS) is 9.76. The molecule has 33 heteroatoms. The fourth-order valence-corrected chi connectivity index (χ4v) is 6.21. The molecule has 0 spiro atoms. The standard InChI is InChI=1S/C11H22O3.C9H18O3.2C7H14O3.4C6H12O3.2C5H10O3.C4H8O3/c1-13-10-8-6-4-3-5-7-9-11(12)14-2;1-11-8-6-4-3-5-7-9(10)12-2;1-7(2,5-9-3)6(8)10-4;1-9-6-4-3-5-7(8)10-2;1-5(4-8-2)6(7)9-3;1-8-5-3-4-6(7)9-2;2*1-3-9-6(7)4-5-8-2;1-7-4-3-5(6)8-2;1-3-8-5(6)4-7-2;1-6-3-4(5)7-2/h3-10H2,1-2H3;3-8H2,1-2H3;5H2,1-4H3;3-6H2,1-2H3;5H,4H2,1-3H3;3*3-5H2,1-2H3;2*3-4H2,1-2H3;3H2,1-2H3. The quantitative estimate of drug-likeness (QED) is 0.0313. The van der Waals surface area contributed by atoms with Crippen LogP contribution in [0, 0.1) is 11.3 Å². The van der Waals surface area contributed by atoms with Gasteiger partial charge in [-0.1, -0.05) is 38.5 Å². The number of esters is 11. The molecule has 1 unspecified atom stereocenters. The predicted molar refractivity (Wildman–Crippen MR) is 392 cm³/mol. The summed E-state index contributed by atoms with van der Waals surface area (Å²) >= 11 is 0. The third kappa shape index (κ3) is 131. The number of ether oxygens (including phenoxy) is 22. The second-order valence-electron chi connectivity index (χ2n) is 21.2. The van der Waals surface area contributed by atoms with Gasteiger partial charge < -0.3 is 104 Å².